The number of aromatic nitrogens is 2. The third kappa shape index (κ3) is 3.57. The van der Waals surface area contributed by atoms with Gasteiger partial charge in [0.25, 0.3) is 0 Å². The Labute approximate surface area is 193 Å². The summed E-state index contributed by atoms with van der Waals surface area (Å²) in [5, 5.41) is 0. The first-order valence-electron chi connectivity index (χ1n) is 10.8. The Morgan fingerprint density at radius 3 is 2.15 bits per heavy atom. The first-order chi connectivity index (χ1) is 15.8. The monoisotopic (exact) mass is 441 g/mol. The number of para-hydroxylation sites is 2. The van der Waals surface area contributed by atoms with E-state index in [0.29, 0.717) is 17.1 Å². The number of hydrogen-bond donors (Lipinski definition) is 1. The Balaban J connectivity index is 2.08. The average Bonchev–Trinajstić information content (AvgIpc) is 3.19. The van der Waals surface area contributed by atoms with Crippen LogP contribution in [0.25, 0.3) is 22.4 Å². The molecular weight excluding hydrogens is 414 g/mol. The number of carbonyl (C=O) groups is 2. The maximum Gasteiger partial charge on any atom is 0.248 e. The summed E-state index contributed by atoms with van der Waals surface area (Å²) in [6, 6.07) is 22.4. The van der Waals surface area contributed by atoms with Gasteiger partial charge in [-0.25, -0.2) is 4.98 Å². The molecule has 1 aromatic heterocycles. The van der Waals surface area contributed by atoms with Crippen LogP contribution in [0, 0.1) is 5.92 Å². The maximum atomic E-state index is 13.4. The molecule has 0 aliphatic rings. The first-order valence-corrected chi connectivity index (χ1v) is 10.8. The van der Waals surface area contributed by atoms with Gasteiger partial charge in [-0.05, 0) is 42.7 Å². The number of carbonyl (C=O) groups excluding carboxylic acids is 2. The summed E-state index contributed by atoms with van der Waals surface area (Å²) in [5.74, 6) is 0.608. The maximum absolute atomic E-state index is 13.4. The Morgan fingerprint density at radius 1 is 0.970 bits per heavy atom. The summed E-state index contributed by atoms with van der Waals surface area (Å²) in [6.07, 6.45) is 0. The van der Waals surface area contributed by atoms with Crippen LogP contribution in [0.5, 0.6) is 5.75 Å². The van der Waals surface area contributed by atoms with Crippen molar-refractivity contribution in [1.82, 2.24) is 9.55 Å². The lowest BCUT2D eigenvalue weighted by Crippen LogP contribution is -2.51. The van der Waals surface area contributed by atoms with Gasteiger partial charge in [-0.3, -0.25) is 9.59 Å². The van der Waals surface area contributed by atoms with E-state index in [1.165, 1.54) is 6.92 Å². The number of rotatable bonds is 7. The molecule has 1 amide bonds. The molecule has 0 spiro atoms. The molecule has 168 valence electrons. The molecule has 1 atom stereocenters. The first kappa shape index (κ1) is 22.3. The molecule has 6 heteroatoms. The van der Waals surface area contributed by atoms with Crippen LogP contribution in [0.2, 0.25) is 0 Å². The number of imidazole rings is 1. The molecule has 1 unspecified atom stereocenters. The summed E-state index contributed by atoms with van der Waals surface area (Å²) < 4.78 is 7.27. The highest BCUT2D eigenvalue weighted by atomic mass is 16.5. The summed E-state index contributed by atoms with van der Waals surface area (Å²) in [6.45, 7) is 5.49. The number of nitrogens with zero attached hydrogens (tertiary/aromatic N) is 2. The van der Waals surface area contributed by atoms with Gasteiger partial charge in [0, 0.05) is 11.1 Å². The number of amides is 1. The van der Waals surface area contributed by atoms with Gasteiger partial charge in [0.15, 0.2) is 11.3 Å². The normalized spacial score (nSPS) is 13.1. The molecule has 0 saturated carbocycles. The van der Waals surface area contributed by atoms with Crippen molar-refractivity contribution in [2.45, 2.75) is 26.3 Å². The van der Waals surface area contributed by atoms with Crippen LogP contribution in [0.3, 0.4) is 0 Å². The van der Waals surface area contributed by atoms with E-state index in [1.54, 1.807) is 19.2 Å². The third-order valence-corrected chi connectivity index (χ3v) is 6.20. The van der Waals surface area contributed by atoms with Crippen LogP contribution in [-0.2, 0) is 10.3 Å². The smallest absolute Gasteiger partial charge is 0.248 e. The van der Waals surface area contributed by atoms with Gasteiger partial charge in [0.05, 0.1) is 18.1 Å². The van der Waals surface area contributed by atoms with Crippen molar-refractivity contribution in [3.63, 3.8) is 0 Å². The molecule has 0 radical (unpaired) electrons. The van der Waals surface area contributed by atoms with Crippen LogP contribution in [0.4, 0.5) is 0 Å². The molecule has 2 N–H and O–H groups in total. The topological polar surface area (TPSA) is 87.2 Å². The molecule has 4 aromatic rings. The lowest BCUT2D eigenvalue weighted by atomic mass is 9.78. The van der Waals surface area contributed by atoms with Gasteiger partial charge >= 0.3 is 0 Å². The van der Waals surface area contributed by atoms with Crippen molar-refractivity contribution in [3.05, 3.63) is 83.9 Å². The molecule has 4 rings (SSSR count). The van der Waals surface area contributed by atoms with Gasteiger partial charge in [0.2, 0.25) is 5.91 Å². The standard InChI is InChI=1S/C27H27N3O3/c1-17(2)27(26(28)32,21-13-15-22(33-4)16-14-21)30-24-8-6-5-7-23(24)29-25(30)20-11-9-19(10-12-20)18(3)31/h5-17H,1-4H3,(H2,28,32). The van der Waals surface area contributed by atoms with E-state index in [4.69, 9.17) is 15.5 Å². The predicted octanol–water partition coefficient (Wildman–Crippen LogP) is 4.80. The van der Waals surface area contributed by atoms with Gasteiger partial charge in [0.1, 0.15) is 11.6 Å². The Morgan fingerprint density at radius 2 is 1.61 bits per heavy atom. The van der Waals surface area contributed by atoms with E-state index in [0.717, 1.165) is 22.2 Å². The van der Waals surface area contributed by atoms with Crippen LogP contribution in [0.1, 0.15) is 36.7 Å². The summed E-state index contributed by atoms with van der Waals surface area (Å²) in [5.41, 5.74) is 8.69. The van der Waals surface area contributed by atoms with Gasteiger partial charge in [-0.2, -0.15) is 0 Å². The molecule has 0 aliphatic heterocycles. The average molecular weight is 442 g/mol. The minimum Gasteiger partial charge on any atom is -0.497 e. The van der Waals surface area contributed by atoms with E-state index in [1.807, 2.05) is 79.1 Å². The number of ketones is 1. The number of ether oxygens (including phenoxy) is 1. The molecule has 0 aliphatic carbocycles. The SMILES string of the molecule is COc1ccc(C(C(N)=O)(C(C)C)n2c(-c3ccc(C(C)=O)cc3)nc3ccccc32)cc1. The number of Topliss-reactive ketones (excluding diaryl/α,β-unsaturated/α-hetero) is 1. The summed E-state index contributed by atoms with van der Waals surface area (Å²) in [4.78, 5) is 30.1. The molecule has 33 heavy (non-hydrogen) atoms. The molecule has 0 fully saturated rings. The predicted molar refractivity (Wildman–Crippen MR) is 129 cm³/mol. The molecule has 1 heterocycles. The number of nitrogens with two attached hydrogens (primary N) is 1. The van der Waals surface area contributed by atoms with E-state index in [9.17, 15) is 9.59 Å². The van der Waals surface area contributed by atoms with Crippen molar-refractivity contribution in [3.8, 4) is 17.1 Å². The largest absolute Gasteiger partial charge is 0.497 e. The second-order valence-electron chi connectivity index (χ2n) is 8.41. The van der Waals surface area contributed by atoms with Crippen LogP contribution in [-0.4, -0.2) is 28.4 Å². The number of hydrogen-bond acceptors (Lipinski definition) is 4. The van der Waals surface area contributed by atoms with Crippen LogP contribution < -0.4 is 10.5 Å². The molecule has 0 saturated heterocycles. The van der Waals surface area contributed by atoms with Crippen molar-refractivity contribution < 1.29 is 14.3 Å². The number of fused-ring (bicyclic) bond motifs is 1. The minimum absolute atomic E-state index is 0.0121. The molecule has 6 nitrogen and oxygen atoms in total. The zero-order valence-corrected chi connectivity index (χ0v) is 19.2. The van der Waals surface area contributed by atoms with Crippen LogP contribution >= 0.6 is 0 Å². The fraction of sp³-hybridized carbons (Fsp3) is 0.222. The highest BCUT2D eigenvalue weighted by Crippen LogP contribution is 2.41. The van der Waals surface area contributed by atoms with Gasteiger partial charge in [-0.1, -0.05) is 62.4 Å². The number of methoxy groups -OCH3 is 1. The van der Waals surface area contributed by atoms with Gasteiger partial charge in [-0.15, -0.1) is 0 Å². The number of primary amides is 1. The zero-order chi connectivity index (χ0) is 23.8. The Hall–Kier alpha value is -3.93. The molecular formula is C27H27N3O3. The molecule has 3 aromatic carbocycles. The van der Waals surface area contributed by atoms with E-state index < -0.39 is 11.4 Å². The van der Waals surface area contributed by atoms with Crippen molar-refractivity contribution in [2.24, 2.45) is 11.7 Å². The van der Waals surface area contributed by atoms with Gasteiger partial charge < -0.3 is 15.0 Å². The van der Waals surface area contributed by atoms with E-state index in [2.05, 4.69) is 0 Å². The Kier molecular flexibility index (Phi) is 5.77. The van der Waals surface area contributed by atoms with E-state index >= 15 is 0 Å². The molecule has 0 bridgehead atoms. The lowest BCUT2D eigenvalue weighted by molar-refractivity contribution is -0.126. The Bertz CT molecular complexity index is 1320. The van der Waals surface area contributed by atoms with Crippen molar-refractivity contribution >= 4 is 22.7 Å². The summed E-state index contributed by atoms with van der Waals surface area (Å²) in [7, 11) is 1.60. The second-order valence-corrected chi connectivity index (χ2v) is 8.41. The fourth-order valence-electron chi connectivity index (χ4n) is 4.53. The highest BCUT2D eigenvalue weighted by molar-refractivity contribution is 5.95. The minimum atomic E-state index is -1.21. The van der Waals surface area contributed by atoms with Crippen molar-refractivity contribution in [1.29, 1.82) is 0 Å². The number of benzene rings is 3. The highest BCUT2D eigenvalue weighted by Gasteiger charge is 2.46. The van der Waals surface area contributed by atoms with Crippen LogP contribution in [0.15, 0.2) is 72.8 Å². The second kappa shape index (κ2) is 8.54. The lowest BCUT2D eigenvalue weighted by Gasteiger charge is -2.38. The van der Waals surface area contributed by atoms with E-state index in [-0.39, 0.29) is 11.7 Å². The van der Waals surface area contributed by atoms with Crippen molar-refractivity contribution in [2.75, 3.05) is 7.11 Å². The fourth-order valence-corrected chi connectivity index (χ4v) is 4.53. The quantitative estimate of drug-likeness (QED) is 0.417. The zero-order valence-electron chi connectivity index (χ0n) is 19.2. The summed E-state index contributed by atoms with van der Waals surface area (Å²) >= 11 is 0. The third-order valence-electron chi connectivity index (χ3n) is 6.20.